The van der Waals surface area contributed by atoms with E-state index in [9.17, 15) is 13.2 Å². The molecule has 0 aliphatic carbocycles. The SMILES string of the molecule is CCOc1cccc(NC(=O)CN(c2cccc(Cl)c2)S(=O)(=O)c2ccc(C)cc2)c1. The molecule has 3 aromatic carbocycles. The largest absolute Gasteiger partial charge is 0.494 e. The van der Waals surface area contributed by atoms with E-state index in [1.165, 1.54) is 18.2 Å². The van der Waals surface area contributed by atoms with E-state index in [1.807, 2.05) is 13.8 Å². The Labute approximate surface area is 187 Å². The minimum Gasteiger partial charge on any atom is -0.494 e. The van der Waals surface area contributed by atoms with Crippen molar-refractivity contribution in [1.82, 2.24) is 0 Å². The normalized spacial score (nSPS) is 11.1. The zero-order chi connectivity index (χ0) is 22.4. The first-order chi connectivity index (χ1) is 14.8. The maximum absolute atomic E-state index is 13.4. The number of carbonyl (C=O) groups excluding carboxylic acids is 1. The lowest BCUT2D eigenvalue weighted by Crippen LogP contribution is -2.38. The Morgan fingerprint density at radius 1 is 1.03 bits per heavy atom. The number of ether oxygens (including phenoxy) is 1. The Bertz CT molecular complexity index is 1160. The van der Waals surface area contributed by atoms with Gasteiger partial charge in [0.15, 0.2) is 0 Å². The number of nitrogens with one attached hydrogen (secondary N) is 1. The van der Waals surface area contributed by atoms with Crippen LogP contribution in [0, 0.1) is 6.92 Å². The van der Waals surface area contributed by atoms with E-state index in [4.69, 9.17) is 16.3 Å². The molecule has 3 rings (SSSR count). The van der Waals surface area contributed by atoms with Crippen LogP contribution in [-0.4, -0.2) is 27.5 Å². The first kappa shape index (κ1) is 22.7. The minimum atomic E-state index is -4.00. The number of hydrogen-bond donors (Lipinski definition) is 1. The highest BCUT2D eigenvalue weighted by atomic mass is 35.5. The molecular formula is C23H23ClN2O4S. The second kappa shape index (κ2) is 9.85. The fraction of sp³-hybridized carbons (Fsp3) is 0.174. The van der Waals surface area contributed by atoms with Gasteiger partial charge in [0.1, 0.15) is 12.3 Å². The van der Waals surface area contributed by atoms with E-state index >= 15 is 0 Å². The van der Waals surface area contributed by atoms with E-state index in [0.29, 0.717) is 28.8 Å². The Morgan fingerprint density at radius 2 is 1.74 bits per heavy atom. The molecule has 0 bridgehead atoms. The average Bonchev–Trinajstić information content (AvgIpc) is 2.73. The fourth-order valence-corrected chi connectivity index (χ4v) is 4.54. The summed E-state index contributed by atoms with van der Waals surface area (Å²) >= 11 is 6.08. The number of rotatable bonds is 8. The monoisotopic (exact) mass is 458 g/mol. The van der Waals surface area contributed by atoms with E-state index in [1.54, 1.807) is 54.6 Å². The van der Waals surface area contributed by atoms with Crippen molar-refractivity contribution in [3.63, 3.8) is 0 Å². The lowest BCUT2D eigenvalue weighted by atomic mass is 10.2. The molecule has 0 saturated heterocycles. The van der Waals surface area contributed by atoms with Crippen molar-refractivity contribution in [3.8, 4) is 5.75 Å². The molecule has 162 valence electrons. The second-order valence-electron chi connectivity index (χ2n) is 6.81. The summed E-state index contributed by atoms with van der Waals surface area (Å²) in [5, 5.41) is 3.10. The molecule has 0 spiro atoms. The third kappa shape index (κ3) is 5.77. The Balaban J connectivity index is 1.91. The molecule has 0 saturated carbocycles. The van der Waals surface area contributed by atoms with Crippen molar-refractivity contribution >= 4 is 38.9 Å². The maximum Gasteiger partial charge on any atom is 0.264 e. The van der Waals surface area contributed by atoms with Crippen LogP contribution in [0.25, 0.3) is 0 Å². The zero-order valence-electron chi connectivity index (χ0n) is 17.2. The summed E-state index contributed by atoms with van der Waals surface area (Å²) in [5.41, 5.74) is 1.74. The zero-order valence-corrected chi connectivity index (χ0v) is 18.8. The van der Waals surface area contributed by atoms with E-state index in [2.05, 4.69) is 5.32 Å². The third-order valence-corrected chi connectivity index (χ3v) is 6.44. The van der Waals surface area contributed by atoms with Crippen molar-refractivity contribution in [2.24, 2.45) is 0 Å². The van der Waals surface area contributed by atoms with Gasteiger partial charge < -0.3 is 10.1 Å². The Hall–Kier alpha value is -3.03. The molecule has 31 heavy (non-hydrogen) atoms. The van der Waals surface area contributed by atoms with Gasteiger partial charge in [0.25, 0.3) is 10.0 Å². The molecule has 0 heterocycles. The number of hydrogen-bond acceptors (Lipinski definition) is 4. The van der Waals surface area contributed by atoms with Crippen LogP contribution in [0.15, 0.2) is 77.7 Å². The molecule has 0 aromatic heterocycles. The Morgan fingerprint density at radius 3 is 2.42 bits per heavy atom. The minimum absolute atomic E-state index is 0.0872. The van der Waals surface area contributed by atoms with Gasteiger partial charge in [-0.3, -0.25) is 9.10 Å². The van der Waals surface area contributed by atoms with Crippen molar-refractivity contribution in [2.45, 2.75) is 18.7 Å². The molecule has 3 aromatic rings. The first-order valence-corrected chi connectivity index (χ1v) is 11.5. The summed E-state index contributed by atoms with van der Waals surface area (Å²) in [6.07, 6.45) is 0. The van der Waals surface area contributed by atoms with Gasteiger partial charge in [0.2, 0.25) is 5.91 Å². The predicted octanol–water partition coefficient (Wildman–Crippen LogP) is 4.88. The molecule has 0 radical (unpaired) electrons. The summed E-state index contributed by atoms with van der Waals surface area (Å²) in [4.78, 5) is 12.9. The van der Waals surface area contributed by atoms with Crippen LogP contribution in [0.5, 0.6) is 5.75 Å². The highest BCUT2D eigenvalue weighted by molar-refractivity contribution is 7.92. The standard InChI is InChI=1S/C23H23ClN2O4S/c1-3-30-21-9-5-7-19(15-21)25-23(27)16-26(20-8-4-6-18(24)14-20)31(28,29)22-12-10-17(2)11-13-22/h4-15H,3,16H2,1-2H3,(H,25,27). The van der Waals surface area contributed by atoms with Crippen molar-refractivity contribution < 1.29 is 17.9 Å². The lowest BCUT2D eigenvalue weighted by molar-refractivity contribution is -0.114. The number of benzene rings is 3. The molecule has 0 unspecified atom stereocenters. The number of anilines is 2. The summed E-state index contributed by atoms with van der Waals surface area (Å²) in [7, 11) is -4.00. The third-order valence-electron chi connectivity index (χ3n) is 4.42. The number of sulfonamides is 1. The number of carbonyl (C=O) groups is 1. The summed E-state index contributed by atoms with van der Waals surface area (Å²) in [6.45, 7) is 3.81. The van der Waals surface area contributed by atoms with Gasteiger partial charge in [0.05, 0.1) is 17.2 Å². The topological polar surface area (TPSA) is 75.7 Å². The fourth-order valence-electron chi connectivity index (χ4n) is 2.95. The predicted molar refractivity (Wildman–Crippen MR) is 123 cm³/mol. The molecule has 0 aliphatic rings. The van der Waals surface area contributed by atoms with Crippen molar-refractivity contribution in [1.29, 1.82) is 0 Å². The molecule has 8 heteroatoms. The van der Waals surface area contributed by atoms with Crippen LogP contribution in [0.3, 0.4) is 0 Å². The van der Waals surface area contributed by atoms with Gasteiger partial charge in [-0.25, -0.2) is 8.42 Å². The van der Waals surface area contributed by atoms with Gasteiger partial charge in [-0.05, 0) is 56.3 Å². The summed E-state index contributed by atoms with van der Waals surface area (Å²) in [6, 6.07) is 19.8. The van der Waals surface area contributed by atoms with Gasteiger partial charge in [-0.2, -0.15) is 0 Å². The average molecular weight is 459 g/mol. The van der Waals surface area contributed by atoms with Crippen LogP contribution in [0.1, 0.15) is 12.5 Å². The Kier molecular flexibility index (Phi) is 7.20. The smallest absolute Gasteiger partial charge is 0.264 e. The summed E-state index contributed by atoms with van der Waals surface area (Å²) < 4.78 is 33.2. The van der Waals surface area contributed by atoms with E-state index in [-0.39, 0.29) is 4.90 Å². The van der Waals surface area contributed by atoms with Crippen molar-refractivity contribution in [3.05, 3.63) is 83.4 Å². The quantitative estimate of drug-likeness (QED) is 0.522. The number of amides is 1. The van der Waals surface area contributed by atoms with Crippen LogP contribution < -0.4 is 14.4 Å². The van der Waals surface area contributed by atoms with Gasteiger partial charge in [-0.15, -0.1) is 0 Å². The molecule has 0 aliphatic heterocycles. The molecule has 0 fully saturated rings. The molecule has 1 amide bonds. The lowest BCUT2D eigenvalue weighted by Gasteiger charge is -2.24. The van der Waals surface area contributed by atoms with E-state index in [0.717, 1.165) is 9.87 Å². The van der Waals surface area contributed by atoms with E-state index < -0.39 is 22.5 Å². The van der Waals surface area contributed by atoms with Crippen LogP contribution in [0.2, 0.25) is 5.02 Å². The molecular weight excluding hydrogens is 436 g/mol. The van der Waals surface area contributed by atoms with Gasteiger partial charge >= 0.3 is 0 Å². The molecule has 0 atom stereocenters. The maximum atomic E-state index is 13.4. The number of aryl methyl sites for hydroxylation is 1. The second-order valence-corrected chi connectivity index (χ2v) is 9.11. The van der Waals surface area contributed by atoms with Crippen LogP contribution in [0.4, 0.5) is 11.4 Å². The molecule has 1 N–H and O–H groups in total. The van der Waals surface area contributed by atoms with Crippen molar-refractivity contribution in [2.75, 3.05) is 22.8 Å². The van der Waals surface area contributed by atoms with Crippen LogP contribution >= 0.6 is 11.6 Å². The summed E-state index contributed by atoms with van der Waals surface area (Å²) in [5.74, 6) is 0.114. The molecule has 6 nitrogen and oxygen atoms in total. The van der Waals surface area contributed by atoms with Gasteiger partial charge in [0, 0.05) is 16.8 Å². The first-order valence-electron chi connectivity index (χ1n) is 9.67. The highest BCUT2D eigenvalue weighted by Crippen LogP contribution is 2.26. The highest BCUT2D eigenvalue weighted by Gasteiger charge is 2.27. The number of halogens is 1. The number of nitrogens with zero attached hydrogens (tertiary/aromatic N) is 1. The van der Waals surface area contributed by atoms with Crippen LogP contribution in [-0.2, 0) is 14.8 Å². The van der Waals surface area contributed by atoms with Gasteiger partial charge in [-0.1, -0.05) is 41.4 Å².